The zero-order chi connectivity index (χ0) is 15.8. The van der Waals surface area contributed by atoms with Crippen LogP contribution in [-0.4, -0.2) is 5.78 Å². The highest BCUT2D eigenvalue weighted by Gasteiger charge is 2.35. The van der Waals surface area contributed by atoms with Crippen LogP contribution in [0.3, 0.4) is 0 Å². The molecule has 0 heterocycles. The van der Waals surface area contributed by atoms with Crippen molar-refractivity contribution in [3.8, 4) is 0 Å². The maximum absolute atomic E-state index is 13.3. The van der Waals surface area contributed by atoms with Gasteiger partial charge in [0.15, 0.2) is 5.78 Å². The quantitative estimate of drug-likeness (QED) is 0.580. The van der Waals surface area contributed by atoms with Gasteiger partial charge in [-0.05, 0) is 44.2 Å². The van der Waals surface area contributed by atoms with Crippen molar-refractivity contribution in [3.63, 3.8) is 0 Å². The van der Waals surface area contributed by atoms with E-state index in [0.717, 1.165) is 11.1 Å². The van der Waals surface area contributed by atoms with E-state index >= 15 is 0 Å². The van der Waals surface area contributed by atoms with Crippen molar-refractivity contribution in [3.05, 3.63) is 70.0 Å². The van der Waals surface area contributed by atoms with Crippen LogP contribution in [0.2, 0.25) is 0 Å². The number of ketones is 1. The molecule has 0 amide bonds. The number of alkyl halides is 3. The number of halogens is 4. The second-order valence-corrected chi connectivity index (χ2v) is 4.89. The van der Waals surface area contributed by atoms with E-state index in [9.17, 15) is 22.4 Å². The molecule has 0 aliphatic heterocycles. The van der Waals surface area contributed by atoms with Crippen LogP contribution >= 0.6 is 0 Å². The van der Waals surface area contributed by atoms with E-state index < -0.39 is 28.9 Å². The van der Waals surface area contributed by atoms with E-state index in [1.807, 2.05) is 0 Å². The van der Waals surface area contributed by atoms with Crippen molar-refractivity contribution in [2.24, 2.45) is 0 Å². The van der Waals surface area contributed by atoms with E-state index in [2.05, 4.69) is 0 Å². The molecule has 2 rings (SSSR count). The summed E-state index contributed by atoms with van der Waals surface area (Å²) in [5.41, 5.74) is -0.184. The Kier molecular flexibility index (Phi) is 3.85. The lowest BCUT2D eigenvalue weighted by molar-refractivity contribution is -0.137. The molecule has 1 nitrogen and oxygen atoms in total. The van der Waals surface area contributed by atoms with Crippen LogP contribution in [0.1, 0.15) is 32.6 Å². The Morgan fingerprint density at radius 3 is 2.05 bits per heavy atom. The molecule has 0 bridgehead atoms. The molecule has 0 fully saturated rings. The molecule has 0 aliphatic carbocycles. The first-order chi connectivity index (χ1) is 9.68. The first-order valence-corrected chi connectivity index (χ1v) is 6.18. The Morgan fingerprint density at radius 1 is 0.952 bits per heavy atom. The zero-order valence-electron chi connectivity index (χ0n) is 11.4. The molecule has 0 N–H and O–H groups in total. The second kappa shape index (κ2) is 5.31. The third kappa shape index (κ3) is 3.29. The van der Waals surface area contributed by atoms with Crippen molar-refractivity contribution in [1.82, 2.24) is 0 Å². The number of hydrogen-bond donors (Lipinski definition) is 0. The van der Waals surface area contributed by atoms with E-state index in [1.165, 1.54) is 12.1 Å². The highest BCUT2D eigenvalue weighted by Crippen LogP contribution is 2.33. The number of carbonyl (C=O) groups excluding carboxylic acids is 1. The van der Waals surface area contributed by atoms with Gasteiger partial charge in [0.25, 0.3) is 0 Å². The van der Waals surface area contributed by atoms with Gasteiger partial charge in [0.05, 0.1) is 5.56 Å². The molecule has 0 unspecified atom stereocenters. The lowest BCUT2D eigenvalue weighted by Crippen LogP contribution is -2.14. The lowest BCUT2D eigenvalue weighted by atomic mass is 9.95. The van der Waals surface area contributed by atoms with Gasteiger partial charge in [0.2, 0.25) is 0 Å². The molecular formula is C16H12F4O. The average molecular weight is 296 g/mol. The number of aryl methyl sites for hydroxylation is 2. The average Bonchev–Trinajstić information content (AvgIpc) is 2.35. The van der Waals surface area contributed by atoms with Gasteiger partial charge < -0.3 is 0 Å². The molecule has 0 aromatic heterocycles. The molecule has 5 heteroatoms. The topological polar surface area (TPSA) is 17.1 Å². The summed E-state index contributed by atoms with van der Waals surface area (Å²) in [4.78, 5) is 12.3. The monoisotopic (exact) mass is 296 g/mol. The normalized spacial score (nSPS) is 11.5. The summed E-state index contributed by atoms with van der Waals surface area (Å²) < 4.78 is 52.1. The van der Waals surface area contributed by atoms with Crippen LogP contribution in [-0.2, 0) is 6.18 Å². The van der Waals surface area contributed by atoms with E-state index in [0.29, 0.717) is 18.2 Å². The SMILES string of the molecule is Cc1cc(C)cc(C(=O)c2cc(F)ccc2C(F)(F)F)c1. The standard InChI is InChI=1S/C16H12F4O/c1-9-5-10(2)7-11(6-9)15(21)13-8-12(17)3-4-14(13)16(18,19)20/h3-8H,1-2H3. The number of benzene rings is 2. The Labute approximate surface area is 119 Å². The van der Waals surface area contributed by atoms with Gasteiger partial charge in [-0.3, -0.25) is 4.79 Å². The summed E-state index contributed by atoms with van der Waals surface area (Å²) in [6.07, 6.45) is -4.71. The van der Waals surface area contributed by atoms with Gasteiger partial charge in [-0.25, -0.2) is 4.39 Å². The highest BCUT2D eigenvalue weighted by atomic mass is 19.4. The van der Waals surface area contributed by atoms with Gasteiger partial charge in [-0.1, -0.05) is 17.2 Å². The molecule has 0 spiro atoms. The largest absolute Gasteiger partial charge is 0.417 e. The van der Waals surface area contributed by atoms with Crippen LogP contribution in [0, 0.1) is 19.7 Å². The van der Waals surface area contributed by atoms with Gasteiger partial charge in [-0.2, -0.15) is 13.2 Å². The summed E-state index contributed by atoms with van der Waals surface area (Å²) >= 11 is 0. The molecule has 0 radical (unpaired) electrons. The molecule has 0 aliphatic rings. The van der Waals surface area contributed by atoms with Gasteiger partial charge in [0.1, 0.15) is 5.82 Å². The van der Waals surface area contributed by atoms with E-state index in [-0.39, 0.29) is 5.56 Å². The first kappa shape index (κ1) is 15.2. The minimum atomic E-state index is -4.71. The summed E-state index contributed by atoms with van der Waals surface area (Å²) in [5, 5.41) is 0. The van der Waals surface area contributed by atoms with Gasteiger partial charge >= 0.3 is 6.18 Å². The molecule has 0 saturated heterocycles. The predicted octanol–water partition coefficient (Wildman–Crippen LogP) is 4.69. The number of carbonyl (C=O) groups is 1. The smallest absolute Gasteiger partial charge is 0.289 e. The molecular weight excluding hydrogens is 284 g/mol. The van der Waals surface area contributed by atoms with Crippen molar-refractivity contribution in [1.29, 1.82) is 0 Å². The third-order valence-corrected chi connectivity index (χ3v) is 3.02. The summed E-state index contributed by atoms with van der Waals surface area (Å²) in [6.45, 7) is 3.47. The van der Waals surface area contributed by atoms with E-state index in [1.54, 1.807) is 19.9 Å². The third-order valence-electron chi connectivity index (χ3n) is 3.02. The second-order valence-electron chi connectivity index (χ2n) is 4.89. The van der Waals surface area contributed by atoms with Crippen molar-refractivity contribution in [2.45, 2.75) is 20.0 Å². The van der Waals surface area contributed by atoms with Crippen LogP contribution in [0.25, 0.3) is 0 Å². The number of hydrogen-bond acceptors (Lipinski definition) is 1. The Balaban J connectivity index is 2.60. The fourth-order valence-electron chi connectivity index (χ4n) is 2.21. The van der Waals surface area contributed by atoms with Crippen LogP contribution < -0.4 is 0 Å². The maximum atomic E-state index is 13.3. The summed E-state index contributed by atoms with van der Waals surface area (Å²) in [5.74, 6) is -1.72. The Hall–Kier alpha value is -2.17. The van der Waals surface area contributed by atoms with Crippen LogP contribution in [0.4, 0.5) is 17.6 Å². The van der Waals surface area contributed by atoms with Crippen molar-refractivity contribution < 1.29 is 22.4 Å². The maximum Gasteiger partial charge on any atom is 0.417 e. The van der Waals surface area contributed by atoms with Gasteiger partial charge in [0, 0.05) is 11.1 Å². The summed E-state index contributed by atoms with van der Waals surface area (Å²) in [7, 11) is 0. The molecule has 21 heavy (non-hydrogen) atoms. The minimum Gasteiger partial charge on any atom is -0.289 e. The lowest BCUT2D eigenvalue weighted by Gasteiger charge is -2.12. The molecule has 0 saturated carbocycles. The van der Waals surface area contributed by atoms with Crippen LogP contribution in [0.5, 0.6) is 0 Å². The van der Waals surface area contributed by atoms with Crippen molar-refractivity contribution in [2.75, 3.05) is 0 Å². The Morgan fingerprint density at radius 2 is 1.52 bits per heavy atom. The molecule has 2 aromatic rings. The van der Waals surface area contributed by atoms with Crippen LogP contribution in [0.15, 0.2) is 36.4 Å². The molecule has 2 aromatic carbocycles. The molecule has 110 valence electrons. The fraction of sp³-hybridized carbons (Fsp3) is 0.188. The Bertz CT molecular complexity index is 682. The van der Waals surface area contributed by atoms with Gasteiger partial charge in [-0.15, -0.1) is 0 Å². The predicted molar refractivity (Wildman–Crippen MR) is 70.8 cm³/mol. The zero-order valence-corrected chi connectivity index (χ0v) is 11.4. The molecule has 0 atom stereocenters. The number of rotatable bonds is 2. The minimum absolute atomic E-state index is 0.114. The fourth-order valence-corrected chi connectivity index (χ4v) is 2.21. The van der Waals surface area contributed by atoms with E-state index in [4.69, 9.17) is 0 Å². The first-order valence-electron chi connectivity index (χ1n) is 6.18. The summed E-state index contributed by atoms with van der Waals surface area (Å²) in [6, 6.07) is 6.68. The van der Waals surface area contributed by atoms with Crippen molar-refractivity contribution >= 4 is 5.78 Å². The highest BCUT2D eigenvalue weighted by molar-refractivity contribution is 6.10.